The van der Waals surface area contributed by atoms with Crippen molar-refractivity contribution >= 4 is 11.6 Å². The van der Waals surface area contributed by atoms with Crippen molar-refractivity contribution in [2.45, 2.75) is 6.04 Å². The Morgan fingerprint density at radius 1 is 1.20 bits per heavy atom. The number of amides is 1. The molecule has 132 valence electrons. The molecule has 2 aromatic carbocycles. The van der Waals surface area contributed by atoms with Gasteiger partial charge in [0.25, 0.3) is 5.91 Å². The number of halogens is 1. The van der Waals surface area contributed by atoms with Gasteiger partial charge in [0.05, 0.1) is 19.3 Å². The summed E-state index contributed by atoms with van der Waals surface area (Å²) >= 11 is 0. The first-order valence-corrected chi connectivity index (χ1v) is 8.34. The Morgan fingerprint density at radius 2 is 1.92 bits per heavy atom. The summed E-state index contributed by atoms with van der Waals surface area (Å²) in [6, 6.07) is 13.3. The van der Waals surface area contributed by atoms with E-state index in [-0.39, 0.29) is 17.8 Å². The molecule has 5 nitrogen and oxygen atoms in total. The van der Waals surface area contributed by atoms with Gasteiger partial charge in [-0.2, -0.15) is 0 Å². The van der Waals surface area contributed by atoms with Gasteiger partial charge in [0.15, 0.2) is 0 Å². The van der Waals surface area contributed by atoms with Gasteiger partial charge in [-0.3, -0.25) is 9.69 Å². The van der Waals surface area contributed by atoms with E-state index in [1.165, 1.54) is 12.1 Å². The molecule has 1 heterocycles. The number of nitrogens with zero attached hydrogens (tertiary/aromatic N) is 1. The molecular weight excluding hydrogens is 321 g/mol. The summed E-state index contributed by atoms with van der Waals surface area (Å²) in [6.07, 6.45) is 0. The first kappa shape index (κ1) is 17.4. The van der Waals surface area contributed by atoms with Crippen molar-refractivity contribution in [3.8, 4) is 0 Å². The molecule has 1 unspecified atom stereocenters. The fraction of sp³-hybridized carbons (Fsp3) is 0.316. The zero-order chi connectivity index (χ0) is 17.6. The van der Waals surface area contributed by atoms with Gasteiger partial charge in [-0.05, 0) is 35.9 Å². The fourth-order valence-electron chi connectivity index (χ4n) is 3.00. The highest BCUT2D eigenvalue weighted by atomic mass is 19.1. The molecule has 25 heavy (non-hydrogen) atoms. The molecule has 0 spiro atoms. The number of hydrogen-bond acceptors (Lipinski definition) is 4. The summed E-state index contributed by atoms with van der Waals surface area (Å²) in [4.78, 5) is 14.6. The highest BCUT2D eigenvalue weighted by molar-refractivity contribution is 5.95. The van der Waals surface area contributed by atoms with E-state index in [9.17, 15) is 9.18 Å². The number of nitrogen functional groups attached to an aromatic ring is 1. The van der Waals surface area contributed by atoms with Crippen molar-refractivity contribution in [1.29, 1.82) is 0 Å². The molecule has 6 heteroatoms. The molecule has 1 aliphatic rings. The van der Waals surface area contributed by atoms with Gasteiger partial charge >= 0.3 is 0 Å². The van der Waals surface area contributed by atoms with E-state index in [0.717, 1.165) is 18.7 Å². The third-order valence-corrected chi connectivity index (χ3v) is 4.35. The molecule has 0 aromatic heterocycles. The SMILES string of the molecule is Nc1cccc(C(=O)NCC(c2ccc(F)cc2)N2CCOCC2)c1. The molecule has 0 saturated carbocycles. The Hall–Kier alpha value is -2.44. The quantitative estimate of drug-likeness (QED) is 0.817. The predicted molar refractivity (Wildman–Crippen MR) is 94.7 cm³/mol. The summed E-state index contributed by atoms with van der Waals surface area (Å²) < 4.78 is 18.7. The van der Waals surface area contributed by atoms with Gasteiger partial charge in [-0.1, -0.05) is 18.2 Å². The minimum absolute atomic E-state index is 0.0329. The van der Waals surface area contributed by atoms with Gasteiger partial charge in [-0.25, -0.2) is 4.39 Å². The van der Waals surface area contributed by atoms with Gasteiger partial charge < -0.3 is 15.8 Å². The normalized spacial score (nSPS) is 16.4. The topological polar surface area (TPSA) is 67.6 Å². The molecule has 1 atom stereocenters. The molecule has 0 radical (unpaired) electrons. The number of anilines is 1. The van der Waals surface area contributed by atoms with Gasteiger partial charge in [0.1, 0.15) is 5.82 Å². The molecule has 0 bridgehead atoms. The number of ether oxygens (including phenoxy) is 1. The Labute approximate surface area is 146 Å². The maximum atomic E-state index is 13.3. The van der Waals surface area contributed by atoms with Crippen LogP contribution in [0.25, 0.3) is 0 Å². The standard InChI is InChI=1S/C19H22FN3O2/c20-16-6-4-14(5-7-16)18(23-8-10-25-11-9-23)13-22-19(24)15-2-1-3-17(21)12-15/h1-7,12,18H,8-11,13,21H2,(H,22,24). The average molecular weight is 343 g/mol. The molecule has 1 amide bonds. The lowest BCUT2D eigenvalue weighted by Crippen LogP contribution is -2.43. The zero-order valence-electron chi connectivity index (χ0n) is 14.0. The number of hydrogen-bond donors (Lipinski definition) is 2. The molecule has 3 N–H and O–H groups in total. The van der Waals surface area contributed by atoms with Crippen LogP contribution in [-0.2, 0) is 4.74 Å². The number of morpholine rings is 1. The predicted octanol–water partition coefficient (Wildman–Crippen LogP) is 2.21. The lowest BCUT2D eigenvalue weighted by molar-refractivity contribution is 0.0162. The first-order chi connectivity index (χ1) is 12.1. The number of nitrogens with two attached hydrogens (primary N) is 1. The number of benzene rings is 2. The smallest absolute Gasteiger partial charge is 0.251 e. The second kappa shape index (κ2) is 8.09. The van der Waals surface area contributed by atoms with E-state index in [1.54, 1.807) is 36.4 Å². The number of rotatable bonds is 5. The summed E-state index contributed by atoms with van der Waals surface area (Å²) in [5.41, 5.74) is 7.78. The molecule has 3 rings (SSSR count). The maximum absolute atomic E-state index is 13.3. The van der Waals surface area contributed by atoms with Gasteiger partial charge in [-0.15, -0.1) is 0 Å². The van der Waals surface area contributed by atoms with E-state index >= 15 is 0 Å². The number of nitrogens with one attached hydrogen (secondary N) is 1. The lowest BCUT2D eigenvalue weighted by atomic mass is 10.0. The van der Waals surface area contributed by atoms with Crippen LogP contribution in [-0.4, -0.2) is 43.7 Å². The van der Waals surface area contributed by atoms with E-state index < -0.39 is 0 Å². The van der Waals surface area contributed by atoms with Crippen LogP contribution in [0.1, 0.15) is 22.0 Å². The Morgan fingerprint density at radius 3 is 2.60 bits per heavy atom. The van der Waals surface area contributed by atoms with Crippen molar-refractivity contribution < 1.29 is 13.9 Å². The average Bonchev–Trinajstić information content (AvgIpc) is 2.64. The number of carbonyl (C=O) groups excluding carboxylic acids is 1. The molecule has 1 aliphatic heterocycles. The minimum Gasteiger partial charge on any atom is -0.399 e. The summed E-state index contributed by atoms with van der Waals surface area (Å²) in [7, 11) is 0. The van der Waals surface area contributed by atoms with Crippen molar-refractivity contribution in [2.75, 3.05) is 38.6 Å². The lowest BCUT2D eigenvalue weighted by Gasteiger charge is -2.35. The molecule has 0 aliphatic carbocycles. The van der Waals surface area contributed by atoms with Crippen LogP contribution >= 0.6 is 0 Å². The Bertz CT molecular complexity index is 715. The Balaban J connectivity index is 1.73. The van der Waals surface area contributed by atoms with Crippen molar-refractivity contribution in [1.82, 2.24) is 10.2 Å². The van der Waals surface area contributed by atoms with Crippen molar-refractivity contribution in [3.05, 3.63) is 65.5 Å². The molecule has 2 aromatic rings. The minimum atomic E-state index is -0.270. The van der Waals surface area contributed by atoms with Gasteiger partial charge in [0.2, 0.25) is 0 Å². The van der Waals surface area contributed by atoms with Crippen LogP contribution < -0.4 is 11.1 Å². The zero-order valence-corrected chi connectivity index (χ0v) is 14.0. The highest BCUT2D eigenvalue weighted by Crippen LogP contribution is 2.22. The molecular formula is C19H22FN3O2. The fourth-order valence-corrected chi connectivity index (χ4v) is 3.00. The molecule has 1 fully saturated rings. The van der Waals surface area contributed by atoms with E-state index in [0.29, 0.717) is 31.0 Å². The number of carbonyl (C=O) groups is 1. The second-order valence-electron chi connectivity index (χ2n) is 6.05. The highest BCUT2D eigenvalue weighted by Gasteiger charge is 2.23. The van der Waals surface area contributed by atoms with Crippen LogP contribution in [0.4, 0.5) is 10.1 Å². The van der Waals surface area contributed by atoms with E-state index in [2.05, 4.69) is 10.2 Å². The summed E-state index contributed by atoms with van der Waals surface area (Å²) in [5.74, 6) is -0.444. The monoisotopic (exact) mass is 343 g/mol. The Kier molecular flexibility index (Phi) is 5.63. The van der Waals surface area contributed by atoms with Crippen LogP contribution in [0.2, 0.25) is 0 Å². The summed E-state index contributed by atoms with van der Waals surface area (Å²) in [5, 5.41) is 2.97. The van der Waals surface area contributed by atoms with Crippen molar-refractivity contribution in [2.24, 2.45) is 0 Å². The molecule has 1 saturated heterocycles. The maximum Gasteiger partial charge on any atom is 0.251 e. The van der Waals surface area contributed by atoms with Crippen LogP contribution in [0.15, 0.2) is 48.5 Å². The van der Waals surface area contributed by atoms with Crippen molar-refractivity contribution in [3.63, 3.8) is 0 Å². The first-order valence-electron chi connectivity index (χ1n) is 8.34. The third kappa shape index (κ3) is 4.55. The van der Waals surface area contributed by atoms with E-state index in [1.807, 2.05) is 0 Å². The third-order valence-electron chi connectivity index (χ3n) is 4.35. The van der Waals surface area contributed by atoms with Crippen LogP contribution in [0, 0.1) is 5.82 Å². The summed E-state index contributed by atoms with van der Waals surface area (Å²) in [6.45, 7) is 3.29. The van der Waals surface area contributed by atoms with Crippen LogP contribution in [0.5, 0.6) is 0 Å². The van der Waals surface area contributed by atoms with Crippen LogP contribution in [0.3, 0.4) is 0 Å². The van der Waals surface area contributed by atoms with E-state index in [4.69, 9.17) is 10.5 Å². The largest absolute Gasteiger partial charge is 0.399 e. The second-order valence-corrected chi connectivity index (χ2v) is 6.05. The van der Waals surface area contributed by atoms with Gasteiger partial charge in [0, 0.05) is 30.9 Å².